The van der Waals surface area contributed by atoms with Crippen LogP contribution in [-0.2, 0) is 0 Å². The molecular weight excluding hydrogens is 276 g/mol. The van der Waals surface area contributed by atoms with Crippen LogP contribution in [0.25, 0.3) is 0 Å². The van der Waals surface area contributed by atoms with Crippen molar-refractivity contribution in [3.8, 4) is 0 Å². The number of aryl methyl sites for hydroxylation is 1. The number of nitrogens with zero attached hydrogens (tertiary/aromatic N) is 3. The monoisotopic (exact) mass is 286 g/mol. The van der Waals surface area contributed by atoms with Crippen LogP contribution in [0.3, 0.4) is 0 Å². The number of aromatic nitrogens is 3. The van der Waals surface area contributed by atoms with Crippen LogP contribution < -0.4 is 0 Å². The number of hydrogen-bond acceptors (Lipinski definition) is 7. The Hall–Kier alpha value is -1.45. The molecule has 0 bridgehead atoms. The van der Waals surface area contributed by atoms with E-state index in [4.69, 9.17) is 0 Å². The maximum absolute atomic E-state index is 10.9. The van der Waals surface area contributed by atoms with Gasteiger partial charge in [-0.15, -0.1) is 16.4 Å². The Balaban J connectivity index is 2.33. The lowest BCUT2D eigenvalue weighted by Gasteiger charge is -1.95. The highest BCUT2D eigenvalue weighted by molar-refractivity contribution is 8.01. The van der Waals surface area contributed by atoms with Gasteiger partial charge >= 0.3 is 0 Å². The molecule has 9 heteroatoms. The van der Waals surface area contributed by atoms with Crippen LogP contribution >= 0.6 is 23.1 Å². The minimum Gasteiger partial charge on any atom is -0.388 e. The molecule has 0 saturated carbocycles. The summed E-state index contributed by atoms with van der Waals surface area (Å²) < 4.78 is 0.468. The molecule has 18 heavy (non-hydrogen) atoms. The van der Waals surface area contributed by atoms with E-state index in [9.17, 15) is 15.2 Å². The van der Waals surface area contributed by atoms with E-state index in [1.807, 2.05) is 0 Å². The molecule has 0 saturated heterocycles. The fraction of sp³-hybridized carbons (Fsp3) is 0.333. The minimum absolute atomic E-state index is 0.0247. The molecule has 0 amide bonds. The number of H-pyrrole nitrogens is 1. The van der Waals surface area contributed by atoms with E-state index >= 15 is 0 Å². The maximum Gasteiger partial charge on any atom is 0.294 e. The van der Waals surface area contributed by atoms with Gasteiger partial charge in [0.2, 0.25) is 5.16 Å². The second kappa shape index (κ2) is 5.04. The predicted octanol–water partition coefficient (Wildman–Crippen LogP) is 2.29. The van der Waals surface area contributed by atoms with Crippen LogP contribution in [0.1, 0.15) is 23.7 Å². The number of aromatic amines is 1. The summed E-state index contributed by atoms with van der Waals surface area (Å²) in [5, 5.41) is 27.4. The predicted molar refractivity (Wildman–Crippen MR) is 66.8 cm³/mol. The Bertz CT molecular complexity index is 578. The lowest BCUT2D eigenvalue weighted by molar-refractivity contribution is -0.387. The molecule has 2 rings (SSSR count). The molecule has 0 radical (unpaired) electrons. The van der Waals surface area contributed by atoms with Crippen LogP contribution in [0, 0.1) is 17.0 Å². The van der Waals surface area contributed by atoms with Gasteiger partial charge in [-0.3, -0.25) is 15.2 Å². The summed E-state index contributed by atoms with van der Waals surface area (Å²) in [7, 11) is 0. The van der Waals surface area contributed by atoms with Gasteiger partial charge in [-0.05, 0) is 25.6 Å². The summed E-state index contributed by atoms with van der Waals surface area (Å²) in [5.74, 6) is 0.646. The van der Waals surface area contributed by atoms with E-state index in [1.54, 1.807) is 13.8 Å². The van der Waals surface area contributed by atoms with Gasteiger partial charge in [0.1, 0.15) is 10.0 Å². The quantitative estimate of drug-likeness (QED) is 0.660. The van der Waals surface area contributed by atoms with Gasteiger partial charge in [0.25, 0.3) is 5.69 Å². The van der Waals surface area contributed by atoms with Crippen LogP contribution in [0.5, 0.6) is 0 Å². The molecule has 0 aliphatic heterocycles. The molecule has 0 unspecified atom stereocenters. The molecule has 7 nitrogen and oxygen atoms in total. The van der Waals surface area contributed by atoms with Crippen molar-refractivity contribution in [2.45, 2.75) is 29.3 Å². The van der Waals surface area contributed by atoms with Crippen molar-refractivity contribution in [1.29, 1.82) is 0 Å². The van der Waals surface area contributed by atoms with Crippen molar-refractivity contribution >= 4 is 28.8 Å². The van der Waals surface area contributed by atoms with Crippen LogP contribution in [-0.4, -0.2) is 25.2 Å². The van der Waals surface area contributed by atoms with Gasteiger partial charge in [-0.1, -0.05) is 0 Å². The zero-order valence-electron chi connectivity index (χ0n) is 9.58. The molecule has 1 atom stereocenters. The van der Waals surface area contributed by atoms with Crippen molar-refractivity contribution < 1.29 is 10.0 Å². The summed E-state index contributed by atoms with van der Waals surface area (Å²) in [6, 6.07) is 1.39. The smallest absolute Gasteiger partial charge is 0.294 e. The Morgan fingerprint density at radius 3 is 2.89 bits per heavy atom. The summed E-state index contributed by atoms with van der Waals surface area (Å²) in [6.07, 6.45) is -0.725. The van der Waals surface area contributed by atoms with Gasteiger partial charge in [-0.25, -0.2) is 4.98 Å². The number of nitrogens with one attached hydrogen (secondary N) is 1. The molecule has 0 aromatic carbocycles. The first-order valence-corrected chi connectivity index (χ1v) is 6.63. The van der Waals surface area contributed by atoms with Crippen molar-refractivity contribution in [3.63, 3.8) is 0 Å². The molecule has 0 spiro atoms. The molecule has 96 valence electrons. The Morgan fingerprint density at radius 2 is 2.39 bits per heavy atom. The summed E-state index contributed by atoms with van der Waals surface area (Å²) >= 11 is 2.29. The Kier molecular flexibility index (Phi) is 3.64. The highest BCUT2D eigenvalue weighted by Crippen LogP contribution is 2.41. The van der Waals surface area contributed by atoms with Gasteiger partial charge in [0.05, 0.1) is 11.0 Å². The van der Waals surface area contributed by atoms with Crippen molar-refractivity contribution in [2.75, 3.05) is 0 Å². The number of thiophene rings is 1. The SMILES string of the molecule is Cc1nc(Sc2sc([C@H](C)O)cc2[N+](=O)[O-])n[nH]1. The number of nitro groups is 1. The first kappa shape index (κ1) is 13.0. The average molecular weight is 286 g/mol. The van der Waals surface area contributed by atoms with Crippen LogP contribution in [0.15, 0.2) is 15.4 Å². The molecule has 2 heterocycles. The van der Waals surface area contributed by atoms with Crippen molar-refractivity contribution in [2.24, 2.45) is 0 Å². The van der Waals surface area contributed by atoms with E-state index < -0.39 is 11.0 Å². The Labute approximate surface area is 110 Å². The van der Waals surface area contributed by atoms with E-state index in [2.05, 4.69) is 15.2 Å². The van der Waals surface area contributed by atoms with Crippen LogP contribution in [0.4, 0.5) is 5.69 Å². The van der Waals surface area contributed by atoms with Gasteiger partial charge in [0.15, 0.2) is 0 Å². The largest absolute Gasteiger partial charge is 0.388 e. The zero-order valence-corrected chi connectivity index (χ0v) is 11.2. The molecule has 2 aromatic heterocycles. The zero-order chi connectivity index (χ0) is 13.3. The number of aliphatic hydroxyl groups excluding tert-OH is 1. The number of rotatable bonds is 4. The third kappa shape index (κ3) is 2.68. The molecular formula is C9H10N4O3S2. The number of aliphatic hydroxyl groups is 1. The van der Waals surface area contributed by atoms with Gasteiger partial charge in [0, 0.05) is 10.9 Å². The van der Waals surface area contributed by atoms with Crippen molar-refractivity contribution in [3.05, 3.63) is 26.9 Å². The molecule has 0 aliphatic carbocycles. The van der Waals surface area contributed by atoms with Crippen molar-refractivity contribution in [1.82, 2.24) is 15.2 Å². The van der Waals surface area contributed by atoms with Gasteiger partial charge in [-0.2, -0.15) is 0 Å². The highest BCUT2D eigenvalue weighted by atomic mass is 32.2. The summed E-state index contributed by atoms with van der Waals surface area (Å²) in [4.78, 5) is 15.1. The second-order valence-corrected chi connectivity index (χ2v) is 5.88. The van der Waals surface area contributed by atoms with E-state index in [-0.39, 0.29) is 5.69 Å². The first-order valence-electron chi connectivity index (χ1n) is 5.00. The molecule has 0 fully saturated rings. The second-order valence-electron chi connectivity index (χ2n) is 3.56. The fourth-order valence-corrected chi connectivity index (χ4v) is 3.39. The van der Waals surface area contributed by atoms with Crippen LogP contribution in [0.2, 0.25) is 0 Å². The number of hydrogen-bond donors (Lipinski definition) is 2. The average Bonchev–Trinajstić information content (AvgIpc) is 2.85. The Morgan fingerprint density at radius 1 is 1.67 bits per heavy atom. The first-order chi connectivity index (χ1) is 8.47. The lowest BCUT2D eigenvalue weighted by Crippen LogP contribution is -1.87. The molecule has 2 N–H and O–H groups in total. The van der Waals surface area contributed by atoms with E-state index in [0.717, 1.165) is 11.8 Å². The van der Waals surface area contributed by atoms with E-state index in [0.29, 0.717) is 20.1 Å². The lowest BCUT2D eigenvalue weighted by atomic mass is 10.3. The van der Waals surface area contributed by atoms with E-state index in [1.165, 1.54) is 17.4 Å². The third-order valence-corrected chi connectivity index (χ3v) is 4.42. The summed E-state index contributed by atoms with van der Waals surface area (Å²) in [5.41, 5.74) is -0.0247. The normalized spacial score (nSPS) is 12.6. The highest BCUT2D eigenvalue weighted by Gasteiger charge is 2.22. The minimum atomic E-state index is -0.725. The fourth-order valence-electron chi connectivity index (χ4n) is 1.24. The molecule has 2 aromatic rings. The third-order valence-electron chi connectivity index (χ3n) is 2.07. The van der Waals surface area contributed by atoms with Gasteiger partial charge < -0.3 is 5.11 Å². The topological polar surface area (TPSA) is 105 Å². The maximum atomic E-state index is 10.9. The molecule has 0 aliphatic rings. The summed E-state index contributed by atoms with van der Waals surface area (Å²) in [6.45, 7) is 3.32. The standard InChI is InChI=1S/C9H10N4O3S2/c1-4(14)7-3-6(13(15)16)8(17-7)18-9-10-5(2)11-12-9/h3-4,14H,1-2H3,(H,10,11,12)/t4-/m0/s1.